The van der Waals surface area contributed by atoms with Gasteiger partial charge in [0.1, 0.15) is 23.8 Å². The van der Waals surface area contributed by atoms with E-state index < -0.39 is 0 Å². The van der Waals surface area contributed by atoms with Crippen LogP contribution in [0.2, 0.25) is 0 Å². The van der Waals surface area contributed by atoms with E-state index in [1.54, 1.807) is 30.2 Å². The Morgan fingerprint density at radius 2 is 1.55 bits per heavy atom. The standard InChI is InChI=1S/C30H27N5O3/c1-37-26-15-13-25(14-16-26)35-29(22-38-27-7-3-2-4-8-27)33-28(30(35)36)21-23-9-11-24(12-10-23)34(19-5-17-31)20-6-18-32/h2-4,7-16,21H,5-6,19-20,22H2,1H3/b28-21-. The average molecular weight is 506 g/mol. The number of hydrogen-bond donors (Lipinski definition) is 0. The first kappa shape index (κ1) is 26.0. The molecule has 190 valence electrons. The molecule has 1 aliphatic rings. The lowest BCUT2D eigenvalue weighted by Gasteiger charge is -2.22. The van der Waals surface area contributed by atoms with E-state index in [0.29, 0.717) is 54.7 Å². The summed E-state index contributed by atoms with van der Waals surface area (Å²) in [5, 5.41) is 17.9. The van der Waals surface area contributed by atoms with Gasteiger partial charge in [-0.05, 0) is 60.2 Å². The van der Waals surface area contributed by atoms with E-state index in [2.05, 4.69) is 17.1 Å². The zero-order valence-corrected chi connectivity index (χ0v) is 21.1. The van der Waals surface area contributed by atoms with Crippen molar-refractivity contribution in [2.24, 2.45) is 4.99 Å². The molecule has 1 heterocycles. The molecule has 0 unspecified atom stereocenters. The number of para-hydroxylation sites is 1. The first-order chi connectivity index (χ1) is 18.6. The second-order valence-corrected chi connectivity index (χ2v) is 8.39. The molecule has 1 amide bonds. The highest BCUT2D eigenvalue weighted by atomic mass is 16.5. The molecule has 8 nitrogen and oxygen atoms in total. The minimum atomic E-state index is -0.254. The molecule has 4 rings (SSSR count). The number of benzene rings is 3. The topological polar surface area (TPSA) is 102 Å². The van der Waals surface area contributed by atoms with Gasteiger partial charge in [0, 0.05) is 18.8 Å². The zero-order chi connectivity index (χ0) is 26.7. The number of ether oxygens (including phenoxy) is 2. The molecule has 0 bridgehead atoms. The molecule has 1 aliphatic heterocycles. The predicted octanol–water partition coefficient (Wildman–Crippen LogP) is 5.19. The minimum Gasteiger partial charge on any atom is -0.497 e. The van der Waals surface area contributed by atoms with Gasteiger partial charge in [0.25, 0.3) is 5.91 Å². The SMILES string of the molecule is COc1ccc(N2C(=O)/C(=C/c3ccc(N(CCC#N)CCC#N)cc3)N=C2COc2ccccc2)cc1. The maximum absolute atomic E-state index is 13.5. The normalized spacial score (nSPS) is 13.6. The second-order valence-electron chi connectivity index (χ2n) is 8.39. The molecule has 0 atom stereocenters. The van der Waals surface area contributed by atoms with E-state index in [1.807, 2.05) is 71.6 Å². The van der Waals surface area contributed by atoms with Crippen LogP contribution in [0.25, 0.3) is 6.08 Å². The van der Waals surface area contributed by atoms with E-state index in [-0.39, 0.29) is 12.5 Å². The number of nitrogens with zero attached hydrogens (tertiary/aromatic N) is 5. The molecule has 0 fully saturated rings. The fourth-order valence-electron chi connectivity index (χ4n) is 4.00. The fourth-order valence-corrected chi connectivity index (χ4v) is 4.00. The fraction of sp³-hybridized carbons (Fsp3) is 0.200. The van der Waals surface area contributed by atoms with Crippen LogP contribution in [0, 0.1) is 22.7 Å². The van der Waals surface area contributed by atoms with Gasteiger partial charge in [-0.1, -0.05) is 30.3 Å². The van der Waals surface area contributed by atoms with Crippen LogP contribution < -0.4 is 19.3 Å². The third-order valence-corrected chi connectivity index (χ3v) is 5.92. The van der Waals surface area contributed by atoms with Gasteiger partial charge in [0.05, 0.1) is 37.8 Å². The quantitative estimate of drug-likeness (QED) is 0.332. The van der Waals surface area contributed by atoms with Crippen LogP contribution in [0.3, 0.4) is 0 Å². The summed E-state index contributed by atoms with van der Waals surface area (Å²) in [6.45, 7) is 1.21. The predicted molar refractivity (Wildman–Crippen MR) is 147 cm³/mol. The lowest BCUT2D eigenvalue weighted by molar-refractivity contribution is -0.113. The van der Waals surface area contributed by atoms with Crippen molar-refractivity contribution in [1.29, 1.82) is 10.5 Å². The number of amidine groups is 1. The molecule has 38 heavy (non-hydrogen) atoms. The highest BCUT2D eigenvalue weighted by Crippen LogP contribution is 2.28. The molecule has 0 aliphatic carbocycles. The Morgan fingerprint density at radius 1 is 0.895 bits per heavy atom. The van der Waals surface area contributed by atoms with Crippen LogP contribution in [0.15, 0.2) is 89.6 Å². The maximum Gasteiger partial charge on any atom is 0.282 e. The summed E-state index contributed by atoms with van der Waals surface area (Å²) in [5.74, 6) is 1.60. The third-order valence-electron chi connectivity index (χ3n) is 5.92. The van der Waals surface area contributed by atoms with Crippen molar-refractivity contribution in [3.8, 4) is 23.6 Å². The number of amides is 1. The van der Waals surface area contributed by atoms with E-state index in [9.17, 15) is 4.79 Å². The Balaban J connectivity index is 1.59. The average Bonchev–Trinajstić information content (AvgIpc) is 3.27. The number of carbonyl (C=O) groups is 1. The van der Waals surface area contributed by atoms with Crippen LogP contribution in [-0.2, 0) is 4.79 Å². The van der Waals surface area contributed by atoms with Crippen molar-refractivity contribution in [3.63, 3.8) is 0 Å². The highest BCUT2D eigenvalue weighted by molar-refractivity contribution is 6.29. The number of rotatable bonds is 11. The summed E-state index contributed by atoms with van der Waals surface area (Å²) in [4.78, 5) is 21.7. The Kier molecular flexibility index (Phi) is 8.72. The molecule has 0 saturated carbocycles. The minimum absolute atomic E-state index is 0.116. The van der Waals surface area contributed by atoms with Gasteiger partial charge in [-0.25, -0.2) is 4.99 Å². The van der Waals surface area contributed by atoms with Gasteiger partial charge in [0.2, 0.25) is 0 Å². The van der Waals surface area contributed by atoms with Crippen molar-refractivity contribution in [3.05, 3.63) is 90.1 Å². The smallest absolute Gasteiger partial charge is 0.282 e. The molecule has 0 N–H and O–H groups in total. The number of methoxy groups -OCH3 is 1. The summed E-state index contributed by atoms with van der Waals surface area (Å²) >= 11 is 0. The molecule has 3 aromatic carbocycles. The van der Waals surface area contributed by atoms with E-state index in [1.165, 1.54) is 0 Å². The Bertz CT molecular complexity index is 1370. The molecular formula is C30H27N5O3. The molecule has 0 spiro atoms. The Labute approximate surface area is 222 Å². The number of anilines is 2. The molecular weight excluding hydrogens is 478 g/mol. The van der Waals surface area contributed by atoms with Gasteiger partial charge >= 0.3 is 0 Å². The van der Waals surface area contributed by atoms with Crippen LogP contribution in [0.5, 0.6) is 11.5 Å². The number of hydrogen-bond acceptors (Lipinski definition) is 7. The molecule has 0 radical (unpaired) electrons. The monoisotopic (exact) mass is 505 g/mol. The van der Waals surface area contributed by atoms with E-state index in [4.69, 9.17) is 20.0 Å². The first-order valence-electron chi connectivity index (χ1n) is 12.2. The molecule has 0 saturated heterocycles. The number of carbonyl (C=O) groups excluding carboxylic acids is 1. The number of aliphatic imine (C=N–C) groups is 1. The molecule has 0 aromatic heterocycles. The summed E-state index contributed by atoms with van der Waals surface area (Å²) in [6.07, 6.45) is 2.48. The van der Waals surface area contributed by atoms with Gasteiger partial charge in [0.15, 0.2) is 5.84 Å². The summed E-state index contributed by atoms with van der Waals surface area (Å²) < 4.78 is 11.2. The van der Waals surface area contributed by atoms with Crippen molar-refractivity contribution >= 4 is 29.2 Å². The lowest BCUT2D eigenvalue weighted by atomic mass is 10.1. The van der Waals surface area contributed by atoms with Crippen LogP contribution in [0.4, 0.5) is 11.4 Å². The first-order valence-corrected chi connectivity index (χ1v) is 12.2. The van der Waals surface area contributed by atoms with Crippen LogP contribution >= 0.6 is 0 Å². The van der Waals surface area contributed by atoms with Crippen LogP contribution in [0.1, 0.15) is 18.4 Å². The van der Waals surface area contributed by atoms with Crippen molar-refractivity contribution < 1.29 is 14.3 Å². The van der Waals surface area contributed by atoms with Gasteiger partial charge < -0.3 is 14.4 Å². The Hall–Kier alpha value is -5.08. The zero-order valence-electron chi connectivity index (χ0n) is 21.1. The largest absolute Gasteiger partial charge is 0.497 e. The number of nitriles is 2. The van der Waals surface area contributed by atoms with Crippen molar-refractivity contribution in [2.75, 3.05) is 36.6 Å². The lowest BCUT2D eigenvalue weighted by Crippen LogP contribution is -2.35. The van der Waals surface area contributed by atoms with Crippen molar-refractivity contribution in [1.82, 2.24) is 0 Å². The van der Waals surface area contributed by atoms with Crippen molar-refractivity contribution in [2.45, 2.75) is 12.8 Å². The van der Waals surface area contributed by atoms with E-state index in [0.717, 1.165) is 11.3 Å². The Morgan fingerprint density at radius 3 is 2.16 bits per heavy atom. The summed E-state index contributed by atoms with van der Waals surface area (Å²) in [5.41, 5.74) is 2.68. The van der Waals surface area contributed by atoms with Gasteiger partial charge in [-0.15, -0.1) is 0 Å². The summed E-state index contributed by atoms with van der Waals surface area (Å²) in [6, 6.07) is 28.5. The third kappa shape index (κ3) is 6.37. The summed E-state index contributed by atoms with van der Waals surface area (Å²) in [7, 11) is 1.59. The second kappa shape index (κ2) is 12.8. The molecule has 3 aromatic rings. The van der Waals surface area contributed by atoms with Gasteiger partial charge in [-0.3, -0.25) is 9.69 Å². The molecule has 8 heteroatoms. The van der Waals surface area contributed by atoms with Gasteiger partial charge in [-0.2, -0.15) is 10.5 Å². The van der Waals surface area contributed by atoms with E-state index >= 15 is 0 Å². The maximum atomic E-state index is 13.5. The highest BCUT2D eigenvalue weighted by Gasteiger charge is 2.32. The van der Waals surface area contributed by atoms with Crippen LogP contribution in [-0.4, -0.2) is 38.5 Å².